The lowest BCUT2D eigenvalue weighted by atomic mass is 10.3. The molecule has 0 aliphatic carbocycles. The van der Waals surface area contributed by atoms with Gasteiger partial charge in [0, 0.05) is 0 Å². The average molecular weight is 282 g/mol. The smallest absolute Gasteiger partial charge is 0.240 e. The maximum Gasteiger partial charge on any atom is 0.240 e. The molecule has 2 aromatic carbocycles. The van der Waals surface area contributed by atoms with Gasteiger partial charge in [0.1, 0.15) is 11.5 Å². The van der Waals surface area contributed by atoms with Gasteiger partial charge in [0.25, 0.3) is 0 Å². The number of hydrogen-bond donors (Lipinski definition) is 0. The number of aliphatic imine (C=N–C) groups is 2. The fraction of sp³-hybridized carbons (Fsp3) is 0.0667. The van der Waals surface area contributed by atoms with Crippen molar-refractivity contribution in [2.75, 3.05) is 6.79 Å². The number of ether oxygens (including phenoxy) is 2. The van der Waals surface area contributed by atoms with Crippen LogP contribution in [0.5, 0.6) is 11.5 Å². The van der Waals surface area contributed by atoms with E-state index in [0.717, 1.165) is 0 Å². The Bertz CT molecular complexity index is 621. The van der Waals surface area contributed by atoms with Crippen molar-refractivity contribution < 1.29 is 19.1 Å². The molecule has 0 saturated heterocycles. The molecule has 104 valence electrons. The van der Waals surface area contributed by atoms with Gasteiger partial charge in [0.2, 0.25) is 19.0 Å². The van der Waals surface area contributed by atoms with Gasteiger partial charge in [-0.15, -0.1) is 0 Å². The molecule has 0 fully saturated rings. The molecule has 0 bridgehead atoms. The minimum atomic E-state index is 0.0204. The van der Waals surface area contributed by atoms with Crippen LogP contribution in [0.2, 0.25) is 0 Å². The van der Waals surface area contributed by atoms with Gasteiger partial charge in [0.05, 0.1) is 11.4 Å². The fourth-order valence-electron chi connectivity index (χ4n) is 1.50. The quantitative estimate of drug-likeness (QED) is 0.463. The van der Waals surface area contributed by atoms with Crippen molar-refractivity contribution >= 4 is 23.5 Å². The number of hydrogen-bond acceptors (Lipinski definition) is 6. The van der Waals surface area contributed by atoms with Crippen LogP contribution in [0.15, 0.2) is 58.5 Å². The molecular weight excluding hydrogens is 272 g/mol. The first kappa shape index (κ1) is 14.2. The minimum Gasteiger partial charge on any atom is -0.458 e. The van der Waals surface area contributed by atoms with Crippen LogP contribution in [0.4, 0.5) is 11.4 Å². The third-order valence-electron chi connectivity index (χ3n) is 2.47. The highest BCUT2D eigenvalue weighted by atomic mass is 16.7. The Morgan fingerprint density at radius 1 is 0.714 bits per heavy atom. The largest absolute Gasteiger partial charge is 0.458 e. The summed E-state index contributed by atoms with van der Waals surface area (Å²) in [7, 11) is 0. The normalized spacial score (nSPS) is 9.14. The average Bonchev–Trinajstić information content (AvgIpc) is 2.51. The summed E-state index contributed by atoms with van der Waals surface area (Å²) >= 11 is 0. The Kier molecular flexibility index (Phi) is 5.01. The van der Waals surface area contributed by atoms with E-state index < -0.39 is 0 Å². The summed E-state index contributed by atoms with van der Waals surface area (Å²) in [5, 5.41) is 0. The topological polar surface area (TPSA) is 77.3 Å². The van der Waals surface area contributed by atoms with Crippen LogP contribution in [0, 0.1) is 0 Å². The van der Waals surface area contributed by atoms with E-state index in [-0.39, 0.29) is 6.79 Å². The van der Waals surface area contributed by atoms with Crippen molar-refractivity contribution in [1.29, 1.82) is 0 Å². The third-order valence-corrected chi connectivity index (χ3v) is 2.47. The van der Waals surface area contributed by atoms with Crippen molar-refractivity contribution in [2.45, 2.75) is 0 Å². The van der Waals surface area contributed by atoms with E-state index in [1.54, 1.807) is 48.5 Å². The molecule has 0 atom stereocenters. The van der Waals surface area contributed by atoms with Gasteiger partial charge >= 0.3 is 0 Å². The predicted octanol–water partition coefficient (Wildman–Crippen LogP) is 3.04. The van der Waals surface area contributed by atoms with Crippen LogP contribution < -0.4 is 9.47 Å². The molecule has 0 heterocycles. The molecule has 6 nitrogen and oxygen atoms in total. The maximum absolute atomic E-state index is 10.1. The summed E-state index contributed by atoms with van der Waals surface area (Å²) in [6.07, 6.45) is 2.92. The van der Waals surface area contributed by atoms with Crippen molar-refractivity contribution in [3.05, 3.63) is 48.5 Å². The molecule has 2 aromatic rings. The number of isocyanates is 2. The molecule has 0 unspecified atom stereocenters. The van der Waals surface area contributed by atoms with E-state index in [2.05, 4.69) is 9.98 Å². The highest BCUT2D eigenvalue weighted by molar-refractivity contribution is 5.50. The Morgan fingerprint density at radius 2 is 1.10 bits per heavy atom. The number of carbonyl (C=O) groups excluding carboxylic acids is 2. The van der Waals surface area contributed by atoms with Crippen LogP contribution in [-0.4, -0.2) is 19.0 Å². The Balaban J connectivity index is 1.85. The summed E-state index contributed by atoms with van der Waals surface area (Å²) in [6.45, 7) is 0.0204. The summed E-state index contributed by atoms with van der Waals surface area (Å²) in [4.78, 5) is 27.1. The molecule has 0 amide bonds. The van der Waals surface area contributed by atoms with Gasteiger partial charge < -0.3 is 9.47 Å². The third kappa shape index (κ3) is 4.44. The first-order chi connectivity index (χ1) is 10.3. The summed E-state index contributed by atoms with van der Waals surface area (Å²) in [6, 6.07) is 13.2. The van der Waals surface area contributed by atoms with Gasteiger partial charge in [-0.1, -0.05) is 0 Å². The lowest BCUT2D eigenvalue weighted by Crippen LogP contribution is -2.05. The molecule has 0 spiro atoms. The molecule has 0 saturated carbocycles. The number of nitrogens with zero attached hydrogens (tertiary/aromatic N) is 2. The SMILES string of the molecule is O=C=Nc1ccc(OCOc2ccc(N=C=O)cc2)cc1. The highest BCUT2D eigenvalue weighted by Gasteiger charge is 1.97. The number of rotatable bonds is 6. The fourth-order valence-corrected chi connectivity index (χ4v) is 1.50. The van der Waals surface area contributed by atoms with Crippen LogP contribution in [0.1, 0.15) is 0 Å². The van der Waals surface area contributed by atoms with Gasteiger partial charge in [-0.05, 0) is 48.5 Å². The second-order valence-corrected chi connectivity index (χ2v) is 3.80. The molecule has 0 N–H and O–H groups in total. The van der Waals surface area contributed by atoms with Crippen LogP contribution in [-0.2, 0) is 9.59 Å². The van der Waals surface area contributed by atoms with Crippen LogP contribution in [0.25, 0.3) is 0 Å². The van der Waals surface area contributed by atoms with E-state index in [1.165, 1.54) is 12.2 Å². The van der Waals surface area contributed by atoms with Gasteiger partial charge in [-0.3, -0.25) is 0 Å². The standard InChI is InChI=1S/C15H10N2O4/c18-9-16-12-1-5-14(6-2-12)20-11-21-15-7-3-13(4-8-15)17-10-19/h1-8H,11H2. The van der Waals surface area contributed by atoms with Crippen molar-refractivity contribution in [2.24, 2.45) is 9.98 Å². The first-order valence-corrected chi connectivity index (χ1v) is 5.93. The monoisotopic (exact) mass is 282 g/mol. The Hall–Kier alpha value is -3.20. The van der Waals surface area contributed by atoms with E-state index in [1.807, 2.05) is 0 Å². The van der Waals surface area contributed by atoms with Gasteiger partial charge in [0.15, 0.2) is 0 Å². The van der Waals surface area contributed by atoms with Crippen molar-refractivity contribution in [3.63, 3.8) is 0 Å². The van der Waals surface area contributed by atoms with Crippen LogP contribution >= 0.6 is 0 Å². The second-order valence-electron chi connectivity index (χ2n) is 3.80. The zero-order valence-electron chi connectivity index (χ0n) is 10.9. The van der Waals surface area contributed by atoms with E-state index in [4.69, 9.17) is 9.47 Å². The molecule has 21 heavy (non-hydrogen) atoms. The zero-order chi connectivity index (χ0) is 14.9. The van der Waals surface area contributed by atoms with E-state index in [9.17, 15) is 9.59 Å². The Morgan fingerprint density at radius 3 is 1.43 bits per heavy atom. The van der Waals surface area contributed by atoms with E-state index >= 15 is 0 Å². The van der Waals surface area contributed by atoms with Crippen molar-refractivity contribution in [3.8, 4) is 11.5 Å². The lowest BCUT2D eigenvalue weighted by Gasteiger charge is -2.08. The van der Waals surface area contributed by atoms with Gasteiger partial charge in [-0.2, -0.15) is 9.98 Å². The molecule has 6 heteroatoms. The lowest BCUT2D eigenvalue weighted by molar-refractivity contribution is 0.120. The van der Waals surface area contributed by atoms with E-state index in [0.29, 0.717) is 22.9 Å². The second kappa shape index (κ2) is 7.40. The predicted molar refractivity (Wildman–Crippen MR) is 74.6 cm³/mol. The molecule has 2 rings (SSSR count). The van der Waals surface area contributed by atoms with Crippen LogP contribution in [0.3, 0.4) is 0 Å². The summed E-state index contributed by atoms with van der Waals surface area (Å²) in [5.41, 5.74) is 1.01. The molecule has 0 aliphatic rings. The number of benzene rings is 2. The minimum absolute atomic E-state index is 0.0204. The first-order valence-electron chi connectivity index (χ1n) is 5.93. The summed E-state index contributed by atoms with van der Waals surface area (Å²) in [5.74, 6) is 1.17. The molecule has 0 radical (unpaired) electrons. The molecule has 0 aromatic heterocycles. The maximum atomic E-state index is 10.1. The summed E-state index contributed by atoms with van der Waals surface area (Å²) < 4.78 is 10.7. The zero-order valence-corrected chi connectivity index (χ0v) is 10.9. The van der Waals surface area contributed by atoms with Crippen molar-refractivity contribution in [1.82, 2.24) is 0 Å². The highest BCUT2D eigenvalue weighted by Crippen LogP contribution is 2.19. The van der Waals surface area contributed by atoms with Gasteiger partial charge in [-0.25, -0.2) is 9.59 Å². The molecule has 0 aliphatic heterocycles. The Labute approximate surface area is 120 Å². The molecular formula is C15H10N2O4.